The molecule has 0 aliphatic carbocycles. The second kappa shape index (κ2) is 4.11. The van der Waals surface area contributed by atoms with Crippen LogP contribution in [0.25, 0.3) is 0 Å². The van der Waals surface area contributed by atoms with Gasteiger partial charge in [0.15, 0.2) is 0 Å². The van der Waals surface area contributed by atoms with Crippen LogP contribution in [0.15, 0.2) is 12.1 Å². The minimum Gasteiger partial charge on any atom is -0.510 e. The fourth-order valence-corrected chi connectivity index (χ4v) is 0.877. The van der Waals surface area contributed by atoms with Crippen molar-refractivity contribution in [1.29, 1.82) is 0 Å². The van der Waals surface area contributed by atoms with E-state index in [1.807, 2.05) is 0 Å². The first-order chi connectivity index (χ1) is 6.13. The van der Waals surface area contributed by atoms with Gasteiger partial charge in [-0.15, -0.1) is 0 Å². The third-order valence-electron chi connectivity index (χ3n) is 1.45. The van der Waals surface area contributed by atoms with Gasteiger partial charge in [0.25, 0.3) is 0 Å². The first kappa shape index (κ1) is 9.82. The summed E-state index contributed by atoms with van der Waals surface area (Å²) in [5, 5.41) is 17.1. The van der Waals surface area contributed by atoms with Crippen LogP contribution in [0.5, 0.6) is 11.6 Å². The standard InChI is InChI=1S/C7H10BNO4/c1-5-6(13-8(10)11)3-4-7(9-5)12-2/h3-4,10-11H,1-2H3. The quantitative estimate of drug-likeness (QED) is 0.632. The Hall–Kier alpha value is -1.27. The van der Waals surface area contributed by atoms with E-state index in [4.69, 9.17) is 14.8 Å². The Bertz CT molecular complexity index is 292. The van der Waals surface area contributed by atoms with Crippen LogP contribution in [-0.4, -0.2) is 29.5 Å². The molecule has 0 aromatic carbocycles. The number of ether oxygens (including phenoxy) is 1. The number of aryl methyl sites for hydroxylation is 1. The largest absolute Gasteiger partial charge is 0.707 e. The second-order valence-corrected chi connectivity index (χ2v) is 2.38. The van der Waals surface area contributed by atoms with Crippen LogP contribution in [-0.2, 0) is 0 Å². The molecule has 0 saturated carbocycles. The third-order valence-corrected chi connectivity index (χ3v) is 1.45. The summed E-state index contributed by atoms with van der Waals surface area (Å²) in [6.45, 7) is 1.68. The Morgan fingerprint density at radius 1 is 1.38 bits per heavy atom. The van der Waals surface area contributed by atoms with E-state index >= 15 is 0 Å². The maximum absolute atomic E-state index is 8.53. The molecule has 0 unspecified atom stereocenters. The summed E-state index contributed by atoms with van der Waals surface area (Å²) in [5.74, 6) is 0.771. The fourth-order valence-electron chi connectivity index (χ4n) is 0.877. The number of methoxy groups -OCH3 is 1. The van der Waals surface area contributed by atoms with Crippen molar-refractivity contribution >= 4 is 7.32 Å². The van der Waals surface area contributed by atoms with Crippen molar-refractivity contribution in [2.75, 3.05) is 7.11 Å². The Morgan fingerprint density at radius 3 is 2.54 bits per heavy atom. The summed E-state index contributed by atoms with van der Waals surface area (Å²) in [6, 6.07) is 3.13. The van der Waals surface area contributed by atoms with E-state index in [2.05, 4.69) is 9.64 Å². The first-order valence-corrected chi connectivity index (χ1v) is 3.68. The molecule has 1 rings (SSSR count). The smallest absolute Gasteiger partial charge is 0.510 e. The molecular formula is C7H10BNO4. The van der Waals surface area contributed by atoms with Gasteiger partial charge in [0.1, 0.15) is 5.75 Å². The van der Waals surface area contributed by atoms with Crippen molar-refractivity contribution < 1.29 is 19.4 Å². The summed E-state index contributed by atoms with van der Waals surface area (Å²) < 4.78 is 9.50. The van der Waals surface area contributed by atoms with Crippen LogP contribution in [0.2, 0.25) is 0 Å². The van der Waals surface area contributed by atoms with Crippen LogP contribution in [0.4, 0.5) is 0 Å². The normalized spacial score (nSPS) is 9.54. The van der Waals surface area contributed by atoms with Crippen LogP contribution in [0.1, 0.15) is 5.69 Å². The predicted octanol–water partition coefficient (Wildman–Crippen LogP) is -0.253. The maximum Gasteiger partial charge on any atom is 0.707 e. The molecule has 0 spiro atoms. The minimum atomic E-state index is -1.83. The van der Waals surface area contributed by atoms with Gasteiger partial charge in [0.05, 0.1) is 12.8 Å². The highest BCUT2D eigenvalue weighted by Crippen LogP contribution is 2.18. The molecule has 6 heteroatoms. The molecule has 1 aromatic heterocycles. The highest BCUT2D eigenvalue weighted by Gasteiger charge is 2.13. The highest BCUT2D eigenvalue weighted by atomic mass is 16.6. The molecule has 1 aromatic rings. The average Bonchev–Trinajstić information content (AvgIpc) is 2.08. The number of pyridine rings is 1. The van der Waals surface area contributed by atoms with Crippen molar-refractivity contribution in [2.24, 2.45) is 0 Å². The van der Waals surface area contributed by atoms with Crippen molar-refractivity contribution in [3.05, 3.63) is 17.8 Å². The fraction of sp³-hybridized carbons (Fsp3) is 0.286. The molecule has 1 heterocycles. The molecular weight excluding hydrogens is 173 g/mol. The van der Waals surface area contributed by atoms with E-state index in [1.54, 1.807) is 19.1 Å². The van der Waals surface area contributed by atoms with Crippen LogP contribution >= 0.6 is 0 Å². The maximum atomic E-state index is 8.53. The van der Waals surface area contributed by atoms with Gasteiger partial charge in [0, 0.05) is 6.07 Å². The molecule has 0 aliphatic heterocycles. The zero-order chi connectivity index (χ0) is 9.84. The Morgan fingerprint density at radius 2 is 2.08 bits per heavy atom. The molecule has 13 heavy (non-hydrogen) atoms. The summed E-state index contributed by atoms with van der Waals surface area (Å²) in [4.78, 5) is 3.98. The van der Waals surface area contributed by atoms with Gasteiger partial charge >= 0.3 is 7.32 Å². The van der Waals surface area contributed by atoms with Gasteiger partial charge in [-0.05, 0) is 13.0 Å². The van der Waals surface area contributed by atoms with Gasteiger partial charge in [-0.25, -0.2) is 4.98 Å². The highest BCUT2D eigenvalue weighted by molar-refractivity contribution is 6.33. The molecule has 0 bridgehead atoms. The van der Waals surface area contributed by atoms with Crippen molar-refractivity contribution in [3.8, 4) is 11.6 Å². The lowest BCUT2D eigenvalue weighted by molar-refractivity contribution is 0.286. The van der Waals surface area contributed by atoms with Gasteiger partial charge < -0.3 is 19.4 Å². The van der Waals surface area contributed by atoms with Gasteiger partial charge in [-0.3, -0.25) is 0 Å². The molecule has 0 atom stereocenters. The zero-order valence-electron chi connectivity index (χ0n) is 7.39. The first-order valence-electron chi connectivity index (χ1n) is 3.68. The van der Waals surface area contributed by atoms with E-state index in [9.17, 15) is 0 Å². The van der Waals surface area contributed by atoms with Gasteiger partial charge in [-0.2, -0.15) is 0 Å². The number of hydrogen-bond acceptors (Lipinski definition) is 5. The monoisotopic (exact) mass is 183 g/mol. The number of nitrogens with zero attached hydrogens (tertiary/aromatic N) is 1. The SMILES string of the molecule is COc1ccc(OB(O)O)c(C)n1. The number of hydrogen-bond donors (Lipinski definition) is 2. The minimum absolute atomic E-state index is 0.316. The molecule has 70 valence electrons. The predicted molar refractivity (Wildman–Crippen MR) is 46.3 cm³/mol. The lowest BCUT2D eigenvalue weighted by Gasteiger charge is -2.07. The summed E-state index contributed by atoms with van der Waals surface area (Å²) in [7, 11) is -0.322. The van der Waals surface area contributed by atoms with Crippen LogP contribution in [0.3, 0.4) is 0 Å². The topological polar surface area (TPSA) is 71.8 Å². The van der Waals surface area contributed by atoms with E-state index in [1.165, 1.54) is 7.11 Å². The lowest BCUT2D eigenvalue weighted by atomic mass is 10.2. The molecule has 0 fully saturated rings. The molecule has 0 aliphatic rings. The summed E-state index contributed by atoms with van der Waals surface area (Å²) >= 11 is 0. The third kappa shape index (κ3) is 2.60. The van der Waals surface area contributed by atoms with E-state index in [0.29, 0.717) is 17.3 Å². The summed E-state index contributed by atoms with van der Waals surface area (Å²) in [6.07, 6.45) is 0. The van der Waals surface area contributed by atoms with Gasteiger partial charge in [-0.1, -0.05) is 0 Å². The van der Waals surface area contributed by atoms with Crippen molar-refractivity contribution in [1.82, 2.24) is 4.98 Å². The summed E-state index contributed by atoms with van der Waals surface area (Å²) in [5.41, 5.74) is 0.535. The Kier molecular flexibility index (Phi) is 3.10. The number of aromatic nitrogens is 1. The van der Waals surface area contributed by atoms with Crippen molar-refractivity contribution in [3.63, 3.8) is 0 Å². The molecule has 0 amide bonds. The Balaban J connectivity index is 2.85. The molecule has 0 radical (unpaired) electrons. The van der Waals surface area contributed by atoms with Crippen molar-refractivity contribution in [2.45, 2.75) is 6.92 Å². The average molecular weight is 183 g/mol. The lowest BCUT2D eigenvalue weighted by Crippen LogP contribution is -2.21. The van der Waals surface area contributed by atoms with Crippen LogP contribution < -0.4 is 9.39 Å². The van der Waals surface area contributed by atoms with Gasteiger partial charge in [0.2, 0.25) is 5.88 Å². The Labute approximate surface area is 76.1 Å². The second-order valence-electron chi connectivity index (χ2n) is 2.38. The van der Waals surface area contributed by atoms with E-state index in [0.717, 1.165) is 0 Å². The molecule has 5 nitrogen and oxygen atoms in total. The van der Waals surface area contributed by atoms with E-state index in [-0.39, 0.29) is 0 Å². The molecule has 2 N–H and O–H groups in total. The van der Waals surface area contributed by atoms with Crippen LogP contribution in [0, 0.1) is 6.92 Å². The zero-order valence-corrected chi connectivity index (χ0v) is 7.39. The number of rotatable bonds is 3. The molecule has 0 saturated heterocycles. The van der Waals surface area contributed by atoms with E-state index < -0.39 is 7.32 Å².